The molecule has 0 bridgehead atoms. The molecule has 1 unspecified atom stereocenters. The van der Waals surface area contributed by atoms with Gasteiger partial charge in [0.1, 0.15) is 6.61 Å². The van der Waals surface area contributed by atoms with E-state index >= 15 is 0 Å². The van der Waals surface area contributed by atoms with Gasteiger partial charge < -0.3 is 5.73 Å². The third-order valence-corrected chi connectivity index (χ3v) is 3.00. The summed E-state index contributed by atoms with van der Waals surface area (Å²) in [5.41, 5.74) is 9.02. The summed E-state index contributed by atoms with van der Waals surface area (Å²) in [5.74, 6) is 0.0761. The third kappa shape index (κ3) is 3.70. The molecule has 0 saturated heterocycles. The van der Waals surface area contributed by atoms with Crippen LogP contribution in [0.15, 0.2) is 24.3 Å². The van der Waals surface area contributed by atoms with Gasteiger partial charge in [0.15, 0.2) is 0 Å². The third-order valence-electron chi connectivity index (χ3n) is 2.75. The number of carbonyl (C=O) groups is 1. The van der Waals surface area contributed by atoms with Gasteiger partial charge in [0.25, 0.3) is 0 Å². The van der Waals surface area contributed by atoms with Crippen LogP contribution in [0, 0.1) is 5.92 Å². The van der Waals surface area contributed by atoms with E-state index < -0.39 is 5.91 Å². The summed E-state index contributed by atoms with van der Waals surface area (Å²) in [6.45, 7) is -0.114. The van der Waals surface area contributed by atoms with Crippen LogP contribution in [0.5, 0.6) is 0 Å². The fourth-order valence-electron chi connectivity index (χ4n) is 1.74. The number of benzene rings is 1. The fraction of sp³-hybridized carbons (Fsp3) is 0.417. The molecule has 17 heavy (non-hydrogen) atoms. The maximum Gasteiger partial charge on any atom is 0.245 e. The minimum Gasteiger partial charge on any atom is -0.368 e. The highest BCUT2D eigenvalue weighted by molar-refractivity contribution is 6.30. The van der Waals surface area contributed by atoms with Crippen LogP contribution < -0.4 is 11.2 Å². The average Bonchev–Trinajstić information content (AvgIpc) is 3.10. The number of nitrogens with one attached hydrogen (secondary N) is 1. The zero-order chi connectivity index (χ0) is 12.3. The molecule has 92 valence electrons. The van der Waals surface area contributed by atoms with E-state index in [1.165, 1.54) is 12.8 Å². The average molecular weight is 255 g/mol. The molecule has 0 spiro atoms. The first-order valence-corrected chi connectivity index (χ1v) is 5.95. The molecule has 0 aliphatic heterocycles. The molecule has 1 aliphatic rings. The summed E-state index contributed by atoms with van der Waals surface area (Å²) in [5, 5.41) is 0.710. The van der Waals surface area contributed by atoms with Gasteiger partial charge in [0, 0.05) is 5.02 Å². The molecule has 1 aliphatic carbocycles. The van der Waals surface area contributed by atoms with Crippen LogP contribution in [-0.4, -0.2) is 12.5 Å². The van der Waals surface area contributed by atoms with Crippen molar-refractivity contribution in [2.75, 3.05) is 6.61 Å². The van der Waals surface area contributed by atoms with Gasteiger partial charge in [-0.2, -0.15) is 5.48 Å². The van der Waals surface area contributed by atoms with E-state index in [-0.39, 0.29) is 12.6 Å². The summed E-state index contributed by atoms with van der Waals surface area (Å²) in [6.07, 6.45) is 2.33. The summed E-state index contributed by atoms with van der Waals surface area (Å²) < 4.78 is 0. The normalized spacial score (nSPS) is 16.8. The monoisotopic (exact) mass is 254 g/mol. The van der Waals surface area contributed by atoms with Crippen molar-refractivity contribution in [3.05, 3.63) is 34.9 Å². The van der Waals surface area contributed by atoms with Crippen molar-refractivity contribution >= 4 is 17.5 Å². The van der Waals surface area contributed by atoms with E-state index in [4.69, 9.17) is 22.2 Å². The SMILES string of the molecule is NC(=O)CONC(c1ccc(Cl)cc1)C1CC1. The lowest BCUT2D eigenvalue weighted by Gasteiger charge is -2.18. The number of halogens is 1. The Balaban J connectivity index is 1.97. The molecule has 0 heterocycles. The molecule has 0 aromatic heterocycles. The Morgan fingerprint density at radius 1 is 1.47 bits per heavy atom. The molecule has 3 N–H and O–H groups in total. The summed E-state index contributed by atoms with van der Waals surface area (Å²) >= 11 is 5.84. The molecule has 1 saturated carbocycles. The van der Waals surface area contributed by atoms with E-state index in [1.807, 2.05) is 24.3 Å². The van der Waals surface area contributed by atoms with Gasteiger partial charge in [0.05, 0.1) is 6.04 Å². The van der Waals surface area contributed by atoms with E-state index in [9.17, 15) is 4.79 Å². The Labute approximate surface area is 105 Å². The van der Waals surface area contributed by atoms with Crippen LogP contribution >= 0.6 is 11.6 Å². The summed E-state index contributed by atoms with van der Waals surface area (Å²) in [4.78, 5) is 15.7. The quantitative estimate of drug-likeness (QED) is 0.761. The van der Waals surface area contributed by atoms with Crippen molar-refractivity contribution in [1.82, 2.24) is 5.48 Å². The predicted molar refractivity (Wildman–Crippen MR) is 65.2 cm³/mol. The number of primary amides is 1. The number of amides is 1. The van der Waals surface area contributed by atoms with Gasteiger partial charge in [0.2, 0.25) is 5.91 Å². The Morgan fingerprint density at radius 3 is 2.65 bits per heavy atom. The highest BCUT2D eigenvalue weighted by atomic mass is 35.5. The standard InChI is InChI=1S/C12H15ClN2O2/c13-10-5-3-9(4-6-10)12(8-1-2-8)15-17-7-11(14)16/h3-6,8,12,15H,1-2,7H2,(H2,14,16). The maximum atomic E-state index is 10.6. The largest absolute Gasteiger partial charge is 0.368 e. The van der Waals surface area contributed by atoms with Crippen molar-refractivity contribution in [3.8, 4) is 0 Å². The van der Waals surface area contributed by atoms with Crippen molar-refractivity contribution in [2.24, 2.45) is 11.7 Å². The number of hydrogen-bond donors (Lipinski definition) is 2. The van der Waals surface area contributed by atoms with E-state index in [0.717, 1.165) is 5.56 Å². The number of hydroxylamine groups is 1. The van der Waals surface area contributed by atoms with Gasteiger partial charge in [-0.15, -0.1) is 0 Å². The van der Waals surface area contributed by atoms with Crippen LogP contribution in [-0.2, 0) is 9.63 Å². The summed E-state index contributed by atoms with van der Waals surface area (Å²) in [7, 11) is 0. The van der Waals surface area contributed by atoms with Crippen LogP contribution in [0.2, 0.25) is 5.02 Å². The van der Waals surface area contributed by atoms with Crippen LogP contribution in [0.1, 0.15) is 24.4 Å². The Morgan fingerprint density at radius 2 is 2.12 bits per heavy atom. The Bertz CT molecular complexity index is 390. The topological polar surface area (TPSA) is 64.4 Å². The van der Waals surface area contributed by atoms with E-state index in [2.05, 4.69) is 5.48 Å². The molecule has 4 nitrogen and oxygen atoms in total. The van der Waals surface area contributed by atoms with Crippen molar-refractivity contribution in [2.45, 2.75) is 18.9 Å². The molecule has 1 fully saturated rings. The molecule has 5 heteroatoms. The smallest absolute Gasteiger partial charge is 0.245 e. The van der Waals surface area contributed by atoms with Gasteiger partial charge in [-0.05, 0) is 36.5 Å². The minimum absolute atomic E-state index is 0.103. The van der Waals surface area contributed by atoms with Gasteiger partial charge in [-0.3, -0.25) is 9.63 Å². The second-order valence-electron chi connectivity index (χ2n) is 4.24. The summed E-state index contributed by atoms with van der Waals surface area (Å²) in [6, 6.07) is 7.73. The molecule has 2 rings (SSSR count). The number of hydrogen-bond acceptors (Lipinski definition) is 3. The van der Waals surface area contributed by atoms with Crippen LogP contribution in [0.4, 0.5) is 0 Å². The predicted octanol–water partition coefficient (Wildman–Crippen LogP) is 1.80. The van der Waals surface area contributed by atoms with E-state index in [0.29, 0.717) is 10.9 Å². The second kappa shape index (κ2) is 5.49. The van der Waals surface area contributed by atoms with Gasteiger partial charge in [-0.1, -0.05) is 23.7 Å². The highest BCUT2D eigenvalue weighted by Crippen LogP contribution is 2.41. The number of carbonyl (C=O) groups excluding carboxylic acids is 1. The van der Waals surface area contributed by atoms with Crippen LogP contribution in [0.25, 0.3) is 0 Å². The molecule has 1 aromatic rings. The molecular formula is C12H15ClN2O2. The van der Waals surface area contributed by atoms with E-state index in [1.54, 1.807) is 0 Å². The minimum atomic E-state index is -0.483. The van der Waals surface area contributed by atoms with Crippen LogP contribution in [0.3, 0.4) is 0 Å². The first-order chi connectivity index (χ1) is 8.16. The molecule has 1 aromatic carbocycles. The fourth-order valence-corrected chi connectivity index (χ4v) is 1.86. The number of nitrogens with two attached hydrogens (primary N) is 1. The molecule has 0 radical (unpaired) electrons. The zero-order valence-electron chi connectivity index (χ0n) is 9.36. The lowest BCUT2D eigenvalue weighted by atomic mass is 10.0. The molecule has 1 atom stereocenters. The number of rotatable bonds is 6. The first-order valence-electron chi connectivity index (χ1n) is 5.58. The molecule has 1 amide bonds. The van der Waals surface area contributed by atoms with Crippen molar-refractivity contribution in [1.29, 1.82) is 0 Å². The molecular weight excluding hydrogens is 240 g/mol. The van der Waals surface area contributed by atoms with Crippen molar-refractivity contribution in [3.63, 3.8) is 0 Å². The Kier molecular flexibility index (Phi) is 3.99. The zero-order valence-corrected chi connectivity index (χ0v) is 10.1. The lowest BCUT2D eigenvalue weighted by Crippen LogP contribution is -2.29. The van der Waals surface area contributed by atoms with Gasteiger partial charge >= 0.3 is 0 Å². The van der Waals surface area contributed by atoms with Crippen molar-refractivity contribution < 1.29 is 9.63 Å². The maximum absolute atomic E-state index is 10.6. The Hall–Kier alpha value is -1.10. The second-order valence-corrected chi connectivity index (χ2v) is 4.68. The first kappa shape index (κ1) is 12.4. The highest BCUT2D eigenvalue weighted by Gasteiger charge is 2.32. The lowest BCUT2D eigenvalue weighted by molar-refractivity contribution is -0.126. The van der Waals surface area contributed by atoms with Gasteiger partial charge in [-0.25, -0.2) is 0 Å².